The number of nitrogens with zero attached hydrogens (tertiary/aromatic N) is 1. The lowest BCUT2D eigenvalue weighted by Gasteiger charge is -2.06. The minimum atomic E-state index is -0.437. The summed E-state index contributed by atoms with van der Waals surface area (Å²) >= 11 is 17.3. The monoisotopic (exact) mass is 315 g/mol. The van der Waals surface area contributed by atoms with Crippen molar-refractivity contribution in [3.05, 3.63) is 57.3 Å². The Bertz CT molecular complexity index is 599. The first-order valence-corrected chi connectivity index (χ1v) is 6.44. The van der Waals surface area contributed by atoms with E-state index < -0.39 is 5.97 Å². The van der Waals surface area contributed by atoms with Gasteiger partial charge in [-0.3, -0.25) is 4.79 Å². The standard InChI is InChI=1S/C13H8Cl3NO2/c14-9-2-3-11(10(15)6-9)19-13(18)5-8-1-4-12(16)17-7-8/h1-4,6-7H,5H2. The first-order chi connectivity index (χ1) is 9.04. The summed E-state index contributed by atoms with van der Waals surface area (Å²) in [6, 6.07) is 7.97. The van der Waals surface area contributed by atoms with E-state index in [0.29, 0.717) is 15.7 Å². The number of pyridine rings is 1. The highest BCUT2D eigenvalue weighted by Gasteiger charge is 2.10. The zero-order valence-electron chi connectivity index (χ0n) is 9.57. The Morgan fingerprint density at radius 3 is 2.58 bits per heavy atom. The SMILES string of the molecule is O=C(Cc1ccc(Cl)nc1)Oc1ccc(Cl)cc1Cl. The molecule has 0 fully saturated rings. The Morgan fingerprint density at radius 1 is 1.16 bits per heavy atom. The van der Waals surface area contributed by atoms with Gasteiger partial charge in [-0.25, -0.2) is 4.98 Å². The van der Waals surface area contributed by atoms with E-state index in [9.17, 15) is 4.79 Å². The zero-order valence-corrected chi connectivity index (χ0v) is 11.8. The maximum Gasteiger partial charge on any atom is 0.315 e. The van der Waals surface area contributed by atoms with Crippen molar-refractivity contribution in [3.63, 3.8) is 0 Å². The molecule has 0 radical (unpaired) electrons. The molecule has 19 heavy (non-hydrogen) atoms. The van der Waals surface area contributed by atoms with E-state index in [1.165, 1.54) is 12.3 Å². The second-order valence-electron chi connectivity index (χ2n) is 3.71. The molecule has 0 N–H and O–H groups in total. The second kappa shape index (κ2) is 6.24. The van der Waals surface area contributed by atoms with Crippen molar-refractivity contribution < 1.29 is 9.53 Å². The Kier molecular flexibility index (Phi) is 4.64. The fourth-order valence-electron chi connectivity index (χ4n) is 1.39. The summed E-state index contributed by atoms with van der Waals surface area (Å²) in [6.45, 7) is 0. The van der Waals surface area contributed by atoms with E-state index in [0.717, 1.165) is 0 Å². The molecule has 1 heterocycles. The van der Waals surface area contributed by atoms with Crippen LogP contribution in [0.1, 0.15) is 5.56 Å². The van der Waals surface area contributed by atoms with Gasteiger partial charge in [0.05, 0.1) is 11.4 Å². The van der Waals surface area contributed by atoms with Crippen molar-refractivity contribution in [2.75, 3.05) is 0 Å². The highest BCUT2D eigenvalue weighted by molar-refractivity contribution is 6.35. The molecule has 0 aliphatic carbocycles. The van der Waals surface area contributed by atoms with Gasteiger partial charge in [0.25, 0.3) is 0 Å². The van der Waals surface area contributed by atoms with Crippen LogP contribution < -0.4 is 4.74 Å². The van der Waals surface area contributed by atoms with Gasteiger partial charge < -0.3 is 4.74 Å². The number of aromatic nitrogens is 1. The van der Waals surface area contributed by atoms with Gasteiger partial charge in [-0.05, 0) is 29.8 Å². The van der Waals surface area contributed by atoms with Crippen LogP contribution in [0.3, 0.4) is 0 Å². The minimum Gasteiger partial charge on any atom is -0.425 e. The molecule has 0 saturated carbocycles. The van der Waals surface area contributed by atoms with E-state index in [1.807, 2.05) is 0 Å². The predicted octanol–water partition coefficient (Wildman–Crippen LogP) is 4.19. The van der Waals surface area contributed by atoms with E-state index in [2.05, 4.69) is 4.98 Å². The molecule has 1 aromatic heterocycles. The number of halogens is 3. The van der Waals surface area contributed by atoms with Gasteiger partial charge in [-0.1, -0.05) is 40.9 Å². The molecule has 98 valence electrons. The summed E-state index contributed by atoms with van der Waals surface area (Å²) in [6.07, 6.45) is 1.61. The molecule has 0 aliphatic rings. The lowest BCUT2D eigenvalue weighted by molar-refractivity contribution is -0.133. The predicted molar refractivity (Wildman–Crippen MR) is 75.0 cm³/mol. The molecule has 2 aromatic rings. The number of hydrogen-bond donors (Lipinski definition) is 0. The van der Waals surface area contributed by atoms with Crippen molar-refractivity contribution in [3.8, 4) is 5.75 Å². The second-order valence-corrected chi connectivity index (χ2v) is 4.95. The third-order valence-corrected chi connectivity index (χ3v) is 3.01. The van der Waals surface area contributed by atoms with E-state index >= 15 is 0 Å². The summed E-state index contributed by atoms with van der Waals surface area (Å²) in [5, 5.41) is 1.14. The number of ether oxygens (including phenoxy) is 1. The van der Waals surface area contributed by atoms with E-state index in [1.54, 1.807) is 24.3 Å². The van der Waals surface area contributed by atoms with Crippen molar-refractivity contribution in [1.29, 1.82) is 0 Å². The largest absolute Gasteiger partial charge is 0.425 e. The maximum absolute atomic E-state index is 11.7. The number of rotatable bonds is 3. The fraction of sp³-hybridized carbons (Fsp3) is 0.0769. The molecular weight excluding hydrogens is 309 g/mol. The molecule has 0 atom stereocenters. The molecule has 3 nitrogen and oxygen atoms in total. The van der Waals surface area contributed by atoms with Crippen molar-refractivity contribution in [2.24, 2.45) is 0 Å². The molecule has 6 heteroatoms. The van der Waals surface area contributed by atoms with Crippen molar-refractivity contribution in [1.82, 2.24) is 4.98 Å². The lowest BCUT2D eigenvalue weighted by Crippen LogP contribution is -2.11. The van der Waals surface area contributed by atoms with Crippen molar-refractivity contribution >= 4 is 40.8 Å². The molecule has 0 saturated heterocycles. The summed E-state index contributed by atoms with van der Waals surface area (Å²) in [5.74, 6) is -0.161. The minimum absolute atomic E-state index is 0.0864. The van der Waals surface area contributed by atoms with Gasteiger partial charge in [0.15, 0.2) is 0 Å². The number of esters is 1. The summed E-state index contributed by atoms with van der Waals surface area (Å²) in [4.78, 5) is 15.6. The molecule has 0 unspecified atom stereocenters. The van der Waals surface area contributed by atoms with Crippen LogP contribution in [-0.2, 0) is 11.2 Å². The Labute approximate surface area is 125 Å². The van der Waals surface area contributed by atoms with Crippen LogP contribution in [0.4, 0.5) is 0 Å². The van der Waals surface area contributed by atoms with Crippen LogP contribution in [-0.4, -0.2) is 11.0 Å². The van der Waals surface area contributed by atoms with E-state index in [4.69, 9.17) is 39.5 Å². The maximum atomic E-state index is 11.7. The molecule has 0 amide bonds. The lowest BCUT2D eigenvalue weighted by atomic mass is 10.2. The summed E-state index contributed by atoms with van der Waals surface area (Å²) < 4.78 is 5.14. The highest BCUT2D eigenvalue weighted by Crippen LogP contribution is 2.27. The van der Waals surface area contributed by atoms with Gasteiger partial charge in [0.2, 0.25) is 0 Å². The van der Waals surface area contributed by atoms with E-state index in [-0.39, 0.29) is 17.2 Å². The van der Waals surface area contributed by atoms with Crippen LogP contribution in [0.2, 0.25) is 15.2 Å². The smallest absolute Gasteiger partial charge is 0.315 e. The first-order valence-electron chi connectivity index (χ1n) is 5.31. The molecule has 1 aromatic carbocycles. The molecule has 0 spiro atoms. The van der Waals surface area contributed by atoms with Gasteiger partial charge in [0.1, 0.15) is 10.9 Å². The number of carbonyl (C=O) groups is 1. The summed E-state index contributed by atoms with van der Waals surface area (Å²) in [7, 11) is 0. The average Bonchev–Trinajstić information content (AvgIpc) is 2.36. The Morgan fingerprint density at radius 2 is 1.95 bits per heavy atom. The van der Waals surface area contributed by atoms with Crippen molar-refractivity contribution in [2.45, 2.75) is 6.42 Å². The first kappa shape index (κ1) is 14.1. The number of hydrogen-bond acceptors (Lipinski definition) is 3. The fourth-order valence-corrected chi connectivity index (χ4v) is 1.95. The summed E-state index contributed by atoms with van der Waals surface area (Å²) in [5.41, 5.74) is 0.708. The van der Waals surface area contributed by atoms with Crippen LogP contribution >= 0.6 is 34.8 Å². The highest BCUT2D eigenvalue weighted by atomic mass is 35.5. The zero-order chi connectivity index (χ0) is 13.8. The molecule has 0 aliphatic heterocycles. The molecule has 2 rings (SSSR count). The quantitative estimate of drug-likeness (QED) is 0.484. The molecular formula is C13H8Cl3NO2. The Balaban J connectivity index is 2.03. The number of carbonyl (C=O) groups excluding carboxylic acids is 1. The average molecular weight is 317 g/mol. The topological polar surface area (TPSA) is 39.2 Å². The third kappa shape index (κ3) is 4.10. The van der Waals surface area contributed by atoms with Crippen LogP contribution in [0.15, 0.2) is 36.5 Å². The van der Waals surface area contributed by atoms with Gasteiger partial charge in [-0.15, -0.1) is 0 Å². The van der Waals surface area contributed by atoms with Crippen LogP contribution in [0, 0.1) is 0 Å². The van der Waals surface area contributed by atoms with Gasteiger partial charge in [-0.2, -0.15) is 0 Å². The van der Waals surface area contributed by atoms with Gasteiger partial charge >= 0.3 is 5.97 Å². The molecule has 0 bridgehead atoms. The number of benzene rings is 1. The van der Waals surface area contributed by atoms with Crippen LogP contribution in [0.5, 0.6) is 5.75 Å². The normalized spacial score (nSPS) is 10.3. The Hall–Kier alpha value is -1.29. The third-order valence-electron chi connectivity index (χ3n) is 2.25. The van der Waals surface area contributed by atoms with Crippen LogP contribution in [0.25, 0.3) is 0 Å². The van der Waals surface area contributed by atoms with Gasteiger partial charge in [0, 0.05) is 11.2 Å².